The fourth-order valence-corrected chi connectivity index (χ4v) is 1.73. The molecule has 1 aromatic carbocycles. The molecule has 0 radical (unpaired) electrons. The number of ether oxygens (including phenoxy) is 1. The number of aromatic nitrogens is 2. The van der Waals surface area contributed by atoms with Gasteiger partial charge in [0.05, 0.1) is 23.8 Å². The number of nitro groups is 1. The van der Waals surface area contributed by atoms with Crippen LogP contribution >= 0.6 is 0 Å². The third kappa shape index (κ3) is 3.19. The molecule has 0 atom stereocenters. The van der Waals surface area contributed by atoms with Crippen LogP contribution in [-0.4, -0.2) is 21.5 Å². The van der Waals surface area contributed by atoms with Crippen LogP contribution in [0.25, 0.3) is 0 Å². The highest BCUT2D eigenvalue weighted by Crippen LogP contribution is 2.34. The van der Waals surface area contributed by atoms with Crippen LogP contribution in [0.2, 0.25) is 0 Å². The number of hydrogen-bond donors (Lipinski definition) is 1. The summed E-state index contributed by atoms with van der Waals surface area (Å²) in [5.74, 6) is 0.255. The molecule has 7 heteroatoms. The predicted octanol–water partition coefficient (Wildman–Crippen LogP) is 2.40. The Labute approximate surface area is 115 Å². The number of nitro benzene ring substituents is 1. The lowest BCUT2D eigenvalue weighted by Gasteiger charge is -2.10. The van der Waals surface area contributed by atoms with E-state index in [0.29, 0.717) is 18.8 Å². The third-order valence-electron chi connectivity index (χ3n) is 2.58. The Morgan fingerprint density at radius 3 is 2.90 bits per heavy atom. The zero-order chi connectivity index (χ0) is 14.4. The first kappa shape index (κ1) is 13.7. The lowest BCUT2D eigenvalue weighted by atomic mass is 10.2. The van der Waals surface area contributed by atoms with Crippen LogP contribution in [-0.2, 0) is 6.54 Å². The second-order valence-electron chi connectivity index (χ2n) is 3.90. The fraction of sp³-hybridized carbons (Fsp3) is 0.231. The van der Waals surface area contributed by atoms with Gasteiger partial charge in [0.2, 0.25) is 0 Å². The summed E-state index contributed by atoms with van der Waals surface area (Å²) < 4.78 is 5.28. The summed E-state index contributed by atoms with van der Waals surface area (Å²) in [7, 11) is 0. The van der Waals surface area contributed by atoms with E-state index in [1.807, 2.05) is 0 Å². The molecule has 0 amide bonds. The van der Waals surface area contributed by atoms with Gasteiger partial charge in [-0.05, 0) is 25.1 Å². The maximum Gasteiger partial charge on any atom is 0.333 e. The van der Waals surface area contributed by atoms with Crippen LogP contribution in [0.4, 0.5) is 11.4 Å². The molecule has 20 heavy (non-hydrogen) atoms. The molecular weight excluding hydrogens is 260 g/mol. The second-order valence-corrected chi connectivity index (χ2v) is 3.90. The van der Waals surface area contributed by atoms with Gasteiger partial charge >= 0.3 is 5.69 Å². The molecule has 0 spiro atoms. The van der Waals surface area contributed by atoms with Crippen LogP contribution in [0.5, 0.6) is 5.75 Å². The molecular formula is C13H14N4O3. The molecule has 0 saturated heterocycles. The van der Waals surface area contributed by atoms with Crippen molar-refractivity contribution in [2.45, 2.75) is 13.5 Å². The van der Waals surface area contributed by atoms with Crippen molar-refractivity contribution in [3.05, 3.63) is 52.6 Å². The molecule has 0 aliphatic rings. The average Bonchev–Trinajstić information content (AvgIpc) is 2.46. The minimum Gasteiger partial charge on any atom is -0.487 e. The van der Waals surface area contributed by atoms with E-state index in [-0.39, 0.29) is 11.4 Å². The quantitative estimate of drug-likeness (QED) is 0.642. The van der Waals surface area contributed by atoms with Crippen LogP contribution in [0.3, 0.4) is 0 Å². The van der Waals surface area contributed by atoms with Gasteiger partial charge in [-0.15, -0.1) is 0 Å². The van der Waals surface area contributed by atoms with Crippen molar-refractivity contribution < 1.29 is 9.66 Å². The Morgan fingerprint density at radius 1 is 1.40 bits per heavy atom. The van der Waals surface area contributed by atoms with E-state index in [1.54, 1.807) is 37.4 Å². The molecule has 104 valence electrons. The summed E-state index contributed by atoms with van der Waals surface area (Å²) in [5, 5.41) is 14.2. The third-order valence-corrected chi connectivity index (χ3v) is 2.58. The Morgan fingerprint density at radius 2 is 2.25 bits per heavy atom. The van der Waals surface area contributed by atoms with Gasteiger partial charge in [-0.3, -0.25) is 10.1 Å². The van der Waals surface area contributed by atoms with Gasteiger partial charge in [-0.2, -0.15) is 0 Å². The topological polar surface area (TPSA) is 90.2 Å². The van der Waals surface area contributed by atoms with Gasteiger partial charge in [-0.25, -0.2) is 9.97 Å². The SMILES string of the molecule is CCOc1cccc(NCc2ccncn2)c1[N+](=O)[O-]. The minimum absolute atomic E-state index is 0.0663. The van der Waals surface area contributed by atoms with Crippen molar-refractivity contribution in [2.24, 2.45) is 0 Å². The molecule has 7 nitrogen and oxygen atoms in total. The Kier molecular flexibility index (Phi) is 4.43. The second kappa shape index (κ2) is 6.46. The molecule has 0 bridgehead atoms. The standard InChI is InChI=1S/C13H14N4O3/c1-2-20-12-5-3-4-11(13(12)17(18)19)15-8-10-6-7-14-9-16-10/h3-7,9,15H,2,8H2,1H3. The molecule has 2 rings (SSSR count). The van der Waals surface area contributed by atoms with E-state index >= 15 is 0 Å². The average molecular weight is 274 g/mol. The summed E-state index contributed by atoms with van der Waals surface area (Å²) in [5.41, 5.74) is 1.08. The Bertz CT molecular complexity index is 589. The zero-order valence-electron chi connectivity index (χ0n) is 10.9. The maximum atomic E-state index is 11.2. The number of anilines is 1. The first-order valence-electron chi connectivity index (χ1n) is 6.11. The van der Waals surface area contributed by atoms with E-state index in [9.17, 15) is 10.1 Å². The number of para-hydroxylation sites is 1. The number of hydrogen-bond acceptors (Lipinski definition) is 6. The molecule has 1 heterocycles. The lowest BCUT2D eigenvalue weighted by Crippen LogP contribution is -2.06. The highest BCUT2D eigenvalue weighted by Gasteiger charge is 2.20. The summed E-state index contributed by atoms with van der Waals surface area (Å²) in [4.78, 5) is 18.6. The predicted molar refractivity (Wildman–Crippen MR) is 73.6 cm³/mol. The van der Waals surface area contributed by atoms with Crippen molar-refractivity contribution in [2.75, 3.05) is 11.9 Å². The smallest absolute Gasteiger partial charge is 0.333 e. The van der Waals surface area contributed by atoms with Crippen LogP contribution in [0.15, 0.2) is 36.8 Å². The first-order chi connectivity index (χ1) is 9.72. The molecule has 0 unspecified atom stereocenters. The van der Waals surface area contributed by atoms with Crippen molar-refractivity contribution in [3.63, 3.8) is 0 Å². The molecule has 0 aliphatic heterocycles. The van der Waals surface area contributed by atoms with Gasteiger partial charge in [-0.1, -0.05) is 6.07 Å². The van der Waals surface area contributed by atoms with Gasteiger partial charge in [0.1, 0.15) is 12.0 Å². The van der Waals surface area contributed by atoms with Crippen molar-refractivity contribution in [1.82, 2.24) is 9.97 Å². The number of nitrogens with zero attached hydrogens (tertiary/aromatic N) is 3. The number of nitrogens with one attached hydrogen (secondary N) is 1. The van der Waals surface area contributed by atoms with Crippen molar-refractivity contribution in [1.29, 1.82) is 0 Å². The Hall–Kier alpha value is -2.70. The monoisotopic (exact) mass is 274 g/mol. The Balaban J connectivity index is 2.22. The summed E-state index contributed by atoms with van der Waals surface area (Å²) in [6.45, 7) is 2.53. The van der Waals surface area contributed by atoms with Crippen LogP contribution in [0, 0.1) is 10.1 Å². The first-order valence-corrected chi connectivity index (χ1v) is 6.11. The van der Waals surface area contributed by atoms with Gasteiger partial charge in [0, 0.05) is 6.20 Å². The van der Waals surface area contributed by atoms with E-state index in [4.69, 9.17) is 4.74 Å². The van der Waals surface area contributed by atoms with Crippen molar-refractivity contribution >= 4 is 11.4 Å². The molecule has 1 aromatic heterocycles. The largest absolute Gasteiger partial charge is 0.487 e. The molecule has 1 N–H and O–H groups in total. The number of rotatable bonds is 6. The maximum absolute atomic E-state index is 11.2. The van der Waals surface area contributed by atoms with Gasteiger partial charge in [0.15, 0.2) is 5.75 Å². The molecule has 0 fully saturated rings. The van der Waals surface area contributed by atoms with Gasteiger partial charge in [0.25, 0.3) is 0 Å². The highest BCUT2D eigenvalue weighted by molar-refractivity contribution is 5.68. The summed E-state index contributed by atoms with van der Waals surface area (Å²) >= 11 is 0. The van der Waals surface area contributed by atoms with E-state index in [2.05, 4.69) is 15.3 Å². The highest BCUT2D eigenvalue weighted by atomic mass is 16.6. The fourth-order valence-electron chi connectivity index (χ4n) is 1.73. The number of benzene rings is 1. The molecule has 0 aliphatic carbocycles. The zero-order valence-corrected chi connectivity index (χ0v) is 10.9. The normalized spacial score (nSPS) is 10.1. The lowest BCUT2D eigenvalue weighted by molar-refractivity contribution is -0.384. The molecule has 0 saturated carbocycles. The minimum atomic E-state index is -0.451. The van der Waals surface area contributed by atoms with E-state index < -0.39 is 4.92 Å². The summed E-state index contributed by atoms with van der Waals surface area (Å²) in [6, 6.07) is 6.67. The van der Waals surface area contributed by atoms with Crippen molar-refractivity contribution in [3.8, 4) is 5.75 Å². The van der Waals surface area contributed by atoms with Gasteiger partial charge < -0.3 is 10.1 Å². The molecule has 2 aromatic rings. The van der Waals surface area contributed by atoms with E-state index in [0.717, 1.165) is 5.69 Å². The summed E-state index contributed by atoms with van der Waals surface area (Å²) in [6.07, 6.45) is 3.05. The van der Waals surface area contributed by atoms with Crippen LogP contribution in [0.1, 0.15) is 12.6 Å². The van der Waals surface area contributed by atoms with Crippen LogP contribution < -0.4 is 10.1 Å². The van der Waals surface area contributed by atoms with E-state index in [1.165, 1.54) is 6.33 Å².